The van der Waals surface area contributed by atoms with Crippen LogP contribution in [-0.4, -0.2) is 113 Å². The minimum Gasteiger partial charge on any atom is -0.508 e. The molecule has 0 saturated carbocycles. The van der Waals surface area contributed by atoms with E-state index in [-0.39, 0.29) is 61.4 Å². The number of nitrogens with zero attached hydrogens (tertiary/aromatic N) is 1. The maximum absolute atomic E-state index is 14.4. The summed E-state index contributed by atoms with van der Waals surface area (Å²) in [5, 5.41) is 35.9. The maximum atomic E-state index is 14.4. The van der Waals surface area contributed by atoms with Crippen LogP contribution in [0.3, 0.4) is 0 Å². The molecule has 20 heteroatoms. The van der Waals surface area contributed by atoms with Crippen molar-refractivity contribution >= 4 is 47.2 Å². The molecular formula is C43H67N11O9. The fourth-order valence-corrected chi connectivity index (χ4v) is 6.15. The maximum Gasteiger partial charge on any atom is 0.243 e. The number of carbonyl (C=O) groups excluding carboxylic acids is 7. The van der Waals surface area contributed by atoms with Crippen LogP contribution in [-0.2, 0) is 46.4 Å². The summed E-state index contributed by atoms with van der Waals surface area (Å²) in [6, 6.07) is 3.99. The highest BCUT2D eigenvalue weighted by atomic mass is 16.3. The van der Waals surface area contributed by atoms with Crippen LogP contribution in [0.25, 0.3) is 0 Å². The van der Waals surface area contributed by atoms with Crippen molar-refractivity contribution in [3.05, 3.63) is 59.7 Å². The lowest BCUT2D eigenvalue weighted by Gasteiger charge is -2.29. The lowest BCUT2D eigenvalue weighted by molar-refractivity contribution is -0.135. The van der Waals surface area contributed by atoms with E-state index in [2.05, 4.69) is 36.9 Å². The topological polar surface area (TPSA) is 349 Å². The van der Waals surface area contributed by atoms with Crippen LogP contribution in [0.2, 0.25) is 0 Å². The molecule has 8 unspecified atom stereocenters. The number of unbranched alkanes of at least 4 members (excludes halogenated alkanes) is 1. The van der Waals surface area contributed by atoms with E-state index in [1.807, 2.05) is 6.92 Å². The Morgan fingerprint density at radius 2 is 1.08 bits per heavy atom. The van der Waals surface area contributed by atoms with E-state index in [9.17, 15) is 43.8 Å². The monoisotopic (exact) mass is 882 g/mol. The number of phenolic OH excluding ortho intramolecular Hbond substituents is 2. The van der Waals surface area contributed by atoms with Gasteiger partial charge in [0.05, 0.1) is 12.1 Å². The van der Waals surface area contributed by atoms with Gasteiger partial charge in [-0.2, -0.15) is 0 Å². The lowest BCUT2D eigenvalue weighted by Crippen LogP contribution is -2.60. The molecule has 0 fully saturated rings. The van der Waals surface area contributed by atoms with Crippen LogP contribution in [0, 0.1) is 5.92 Å². The number of amides is 6. The second-order valence-electron chi connectivity index (χ2n) is 15.7. The molecule has 0 radical (unpaired) electrons. The van der Waals surface area contributed by atoms with Crippen molar-refractivity contribution < 1.29 is 43.8 Å². The predicted molar refractivity (Wildman–Crippen MR) is 237 cm³/mol. The summed E-state index contributed by atoms with van der Waals surface area (Å²) in [7, 11) is 0. The molecule has 348 valence electrons. The summed E-state index contributed by atoms with van der Waals surface area (Å²) in [6.07, 6.45) is 1.94. The number of nitrogens with one attached hydrogen (secondary N) is 6. The van der Waals surface area contributed by atoms with Crippen LogP contribution in [0.5, 0.6) is 11.5 Å². The van der Waals surface area contributed by atoms with Crippen LogP contribution >= 0.6 is 0 Å². The number of nitrogens with two attached hydrogens (primary N) is 4. The first-order chi connectivity index (χ1) is 29.7. The van der Waals surface area contributed by atoms with Gasteiger partial charge in [-0.1, -0.05) is 44.5 Å². The van der Waals surface area contributed by atoms with E-state index in [1.165, 1.54) is 45.0 Å². The summed E-state index contributed by atoms with van der Waals surface area (Å²) in [6.45, 7) is 8.43. The summed E-state index contributed by atoms with van der Waals surface area (Å²) >= 11 is 0. The molecule has 0 bridgehead atoms. The Labute approximate surface area is 368 Å². The SMILES string of the molecule is CCC(C)C(NC(=O)C(Cc1ccc(O)cc1)NC(=O)C(Cc1ccc(O)cc1)NC(=O)C(CCCCN)NC(=O)C(C)NC(=O)C(N)CCCN=C(N)N)C(=O)NC(C)C(C)=O. The molecule has 20 nitrogen and oxygen atoms in total. The molecular weight excluding hydrogens is 815 g/mol. The number of hydrogen-bond donors (Lipinski definition) is 12. The molecule has 0 aromatic heterocycles. The molecule has 2 rings (SSSR count). The second-order valence-corrected chi connectivity index (χ2v) is 15.7. The van der Waals surface area contributed by atoms with Gasteiger partial charge < -0.3 is 65.0 Å². The van der Waals surface area contributed by atoms with Crippen molar-refractivity contribution in [2.45, 2.75) is 128 Å². The van der Waals surface area contributed by atoms with Crippen molar-refractivity contribution in [3.8, 4) is 11.5 Å². The number of ketones is 1. The molecule has 0 saturated heterocycles. The first-order valence-electron chi connectivity index (χ1n) is 21.2. The number of Topliss-reactive ketones (excluding diaryl/α,β-unsaturated/α-hetero) is 1. The Kier molecular flexibility index (Phi) is 22.6. The van der Waals surface area contributed by atoms with Gasteiger partial charge in [0.15, 0.2) is 11.7 Å². The first-order valence-corrected chi connectivity index (χ1v) is 21.2. The fraction of sp³-hybridized carbons (Fsp3) is 0.535. The predicted octanol–water partition coefficient (Wildman–Crippen LogP) is -1.02. The number of phenols is 2. The highest BCUT2D eigenvalue weighted by Gasteiger charge is 2.34. The molecule has 0 aliphatic heterocycles. The van der Waals surface area contributed by atoms with E-state index < -0.39 is 77.7 Å². The molecule has 16 N–H and O–H groups in total. The standard InChI is InChI=1S/C43H67N11O9/c1-6-24(2)36(42(63)49-25(3)27(5)55)54-41(62)35(23-29-14-18-31(57)19-15-29)53-40(61)34(22-28-12-16-30(56)17-13-28)52-39(60)33(11-7-8-20-44)51-37(58)26(4)50-38(59)32(45)10-9-21-48-43(46)47/h12-19,24-26,32-36,56-57H,6-11,20-23,44-45H2,1-5H3,(H,49,63)(H,50,59)(H,51,58)(H,52,60)(H,53,61)(H,54,62)(H4,46,47,48). The zero-order chi connectivity index (χ0) is 47.2. The number of aromatic hydroxyl groups is 2. The van der Waals surface area contributed by atoms with Crippen molar-refractivity contribution in [1.29, 1.82) is 0 Å². The average molecular weight is 882 g/mol. The highest BCUT2D eigenvalue weighted by Crippen LogP contribution is 2.16. The molecule has 6 amide bonds. The minimum atomic E-state index is -1.36. The third kappa shape index (κ3) is 19.1. The van der Waals surface area contributed by atoms with E-state index in [1.54, 1.807) is 31.2 Å². The Balaban J connectivity index is 2.44. The fourth-order valence-electron chi connectivity index (χ4n) is 6.15. The molecule has 8 atom stereocenters. The quantitative estimate of drug-likeness (QED) is 0.0291. The first kappa shape index (κ1) is 52.9. The normalized spacial score (nSPS) is 14.8. The van der Waals surface area contributed by atoms with Gasteiger partial charge in [0.25, 0.3) is 0 Å². The van der Waals surface area contributed by atoms with Gasteiger partial charge in [-0.25, -0.2) is 0 Å². The van der Waals surface area contributed by atoms with Crippen molar-refractivity contribution in [1.82, 2.24) is 31.9 Å². The summed E-state index contributed by atoms with van der Waals surface area (Å²) in [5.41, 5.74) is 23.4. The van der Waals surface area contributed by atoms with Gasteiger partial charge in [0, 0.05) is 19.4 Å². The summed E-state index contributed by atoms with van der Waals surface area (Å²) in [5.74, 6) is -5.02. The number of aliphatic imine (C=N–C) groups is 1. The Bertz CT molecular complexity index is 1860. The Morgan fingerprint density at radius 1 is 0.603 bits per heavy atom. The second kappa shape index (κ2) is 26.9. The zero-order valence-electron chi connectivity index (χ0n) is 36.8. The molecule has 0 heterocycles. The highest BCUT2D eigenvalue weighted by molar-refractivity contribution is 5.97. The van der Waals surface area contributed by atoms with Gasteiger partial charge in [-0.3, -0.25) is 38.6 Å². The van der Waals surface area contributed by atoms with E-state index in [0.717, 1.165) is 0 Å². The molecule has 2 aromatic rings. The van der Waals surface area contributed by atoms with Crippen molar-refractivity contribution in [3.63, 3.8) is 0 Å². The summed E-state index contributed by atoms with van der Waals surface area (Å²) in [4.78, 5) is 98.0. The van der Waals surface area contributed by atoms with E-state index in [4.69, 9.17) is 22.9 Å². The van der Waals surface area contributed by atoms with Gasteiger partial charge in [0.2, 0.25) is 35.4 Å². The minimum absolute atomic E-state index is 0.0296. The largest absolute Gasteiger partial charge is 0.508 e. The lowest BCUT2D eigenvalue weighted by atomic mass is 9.96. The van der Waals surface area contributed by atoms with E-state index in [0.29, 0.717) is 43.4 Å². The third-order valence-corrected chi connectivity index (χ3v) is 10.4. The molecule has 0 aliphatic carbocycles. The van der Waals surface area contributed by atoms with Crippen LogP contribution < -0.4 is 54.8 Å². The van der Waals surface area contributed by atoms with Crippen LogP contribution in [0.1, 0.15) is 84.3 Å². The number of carbonyl (C=O) groups is 7. The van der Waals surface area contributed by atoms with Crippen molar-refractivity contribution in [2.24, 2.45) is 33.8 Å². The molecule has 0 spiro atoms. The number of benzene rings is 2. The average Bonchev–Trinajstić information content (AvgIpc) is 3.24. The van der Waals surface area contributed by atoms with Gasteiger partial charge >= 0.3 is 0 Å². The molecule has 2 aromatic carbocycles. The Hall–Kier alpha value is -6.28. The van der Waals surface area contributed by atoms with E-state index >= 15 is 0 Å². The van der Waals surface area contributed by atoms with Gasteiger partial charge in [-0.15, -0.1) is 0 Å². The number of rotatable bonds is 27. The Morgan fingerprint density at radius 3 is 1.56 bits per heavy atom. The van der Waals surface area contributed by atoms with Crippen LogP contribution in [0.15, 0.2) is 53.5 Å². The molecule has 0 aliphatic rings. The number of hydrogen-bond acceptors (Lipinski definition) is 12. The third-order valence-electron chi connectivity index (χ3n) is 10.4. The molecule has 63 heavy (non-hydrogen) atoms. The van der Waals surface area contributed by atoms with Crippen molar-refractivity contribution in [2.75, 3.05) is 13.1 Å². The zero-order valence-corrected chi connectivity index (χ0v) is 36.8. The number of guanidine groups is 1. The van der Waals surface area contributed by atoms with Gasteiger partial charge in [-0.05, 0) is 101 Å². The van der Waals surface area contributed by atoms with Gasteiger partial charge in [0.1, 0.15) is 41.7 Å². The summed E-state index contributed by atoms with van der Waals surface area (Å²) < 4.78 is 0. The smallest absolute Gasteiger partial charge is 0.243 e. The van der Waals surface area contributed by atoms with Crippen LogP contribution in [0.4, 0.5) is 0 Å².